The van der Waals surface area contributed by atoms with Gasteiger partial charge in [0.15, 0.2) is 23.1 Å². The number of aromatic amines is 1. The van der Waals surface area contributed by atoms with E-state index in [1.165, 1.54) is 0 Å². The molecule has 9 N–H and O–H groups in total. The number of H-pyrrole nitrogens is 1. The number of hydrogen-bond donors (Lipinski definition) is 8. The fourth-order valence-corrected chi connectivity index (χ4v) is 7.50. The van der Waals surface area contributed by atoms with Crippen LogP contribution in [0.15, 0.2) is 21.4 Å². The fraction of sp³-hybridized carbons (Fsp3) is 0.588. The molecule has 4 heterocycles. The van der Waals surface area contributed by atoms with Crippen molar-refractivity contribution in [2.24, 2.45) is 10.2 Å². The van der Waals surface area contributed by atoms with Gasteiger partial charge in [0.1, 0.15) is 18.3 Å². The molecule has 226 valence electrons. The van der Waals surface area contributed by atoms with E-state index in [2.05, 4.69) is 44.2 Å². The summed E-state index contributed by atoms with van der Waals surface area (Å²) in [7, 11) is -16.3. The summed E-state index contributed by atoms with van der Waals surface area (Å²) < 4.78 is 55.8. The van der Waals surface area contributed by atoms with Crippen LogP contribution in [0.4, 0.5) is 5.95 Å². The number of phosphoric acid groups is 2. The predicted octanol–water partition coefficient (Wildman–Crippen LogP) is -0.773. The Morgan fingerprint density at radius 2 is 1.88 bits per heavy atom. The quantitative estimate of drug-likeness (QED) is 0.0926. The molecule has 1 fully saturated rings. The number of nitrogens with two attached hydrogens (primary N) is 1. The highest BCUT2D eigenvalue weighted by atomic mass is 31.3. The predicted molar refractivity (Wildman–Crippen MR) is 134 cm³/mol. The minimum Gasteiger partial charge on any atom is -0.387 e. The van der Waals surface area contributed by atoms with Crippen molar-refractivity contribution in [3.8, 4) is 12.3 Å². The lowest BCUT2D eigenvalue weighted by Crippen LogP contribution is -2.33. The van der Waals surface area contributed by atoms with Crippen LogP contribution in [0.5, 0.6) is 0 Å². The molecule has 7 atom stereocenters. The van der Waals surface area contributed by atoms with Crippen LogP contribution in [-0.4, -0.2) is 81.5 Å². The number of aromatic nitrogens is 4. The first kappa shape index (κ1) is 31.5. The molecule has 0 spiro atoms. The molecule has 0 amide bonds. The van der Waals surface area contributed by atoms with Gasteiger partial charge < -0.3 is 35.4 Å². The highest BCUT2D eigenvalue weighted by molar-refractivity contribution is 7.67. The number of rotatable bonds is 14. The van der Waals surface area contributed by atoms with Crippen LogP contribution in [0.2, 0.25) is 0 Å². The second-order valence-corrected chi connectivity index (χ2v) is 13.6. The van der Waals surface area contributed by atoms with Crippen molar-refractivity contribution < 1.29 is 56.5 Å². The van der Waals surface area contributed by atoms with Gasteiger partial charge in [0.25, 0.3) is 5.56 Å². The molecule has 0 aliphatic carbocycles. The van der Waals surface area contributed by atoms with Crippen LogP contribution < -0.4 is 16.4 Å². The number of nitrogen functional groups attached to an aromatic ring is 1. The van der Waals surface area contributed by atoms with Gasteiger partial charge in [-0.3, -0.25) is 18.9 Å². The second-order valence-electron chi connectivity index (χ2n) is 8.78. The minimum atomic E-state index is -5.70. The third-order valence-electron chi connectivity index (χ3n) is 5.77. The van der Waals surface area contributed by atoms with Gasteiger partial charge in [-0.15, -0.1) is 12.3 Å². The molecular weight excluding hydrogens is 617 g/mol. The summed E-state index contributed by atoms with van der Waals surface area (Å²) in [5, 5.41) is 30.4. The Morgan fingerprint density at radius 3 is 2.54 bits per heavy atom. The van der Waals surface area contributed by atoms with Gasteiger partial charge in [0.05, 0.1) is 12.9 Å². The number of anilines is 1. The number of nitrogens with one attached hydrogen (secondary N) is 2. The molecule has 24 heteroatoms. The zero-order valence-corrected chi connectivity index (χ0v) is 23.3. The van der Waals surface area contributed by atoms with E-state index in [0.29, 0.717) is 12.8 Å². The summed E-state index contributed by atoms with van der Waals surface area (Å²) >= 11 is 0. The largest absolute Gasteiger partial charge is 0.489 e. The van der Waals surface area contributed by atoms with E-state index in [4.69, 9.17) is 16.9 Å². The molecule has 2 aromatic heterocycles. The Balaban J connectivity index is 1.31. The van der Waals surface area contributed by atoms with Gasteiger partial charge in [0.2, 0.25) is 5.95 Å². The maximum atomic E-state index is 12.3. The van der Waals surface area contributed by atoms with E-state index < -0.39 is 65.8 Å². The average molecular weight is 642 g/mol. The Morgan fingerprint density at radius 1 is 1.17 bits per heavy atom. The molecule has 2 aliphatic rings. The van der Waals surface area contributed by atoms with Gasteiger partial charge in [-0.2, -0.15) is 23.8 Å². The van der Waals surface area contributed by atoms with Crippen molar-refractivity contribution in [2.45, 2.75) is 49.5 Å². The molecule has 4 unspecified atom stereocenters. The minimum absolute atomic E-state index is 0.103. The van der Waals surface area contributed by atoms with E-state index in [9.17, 15) is 43.4 Å². The fourth-order valence-electron chi connectivity index (χ4n) is 3.80. The molecule has 0 saturated carbocycles. The zero-order valence-electron chi connectivity index (χ0n) is 20.7. The highest BCUT2D eigenvalue weighted by Crippen LogP contribution is 2.66. The average Bonchev–Trinajstić information content (AvgIpc) is 3.39. The van der Waals surface area contributed by atoms with Crippen LogP contribution in [0, 0.1) is 12.3 Å². The van der Waals surface area contributed by atoms with Gasteiger partial charge in [0, 0.05) is 25.8 Å². The van der Waals surface area contributed by atoms with Crippen molar-refractivity contribution in [1.29, 1.82) is 0 Å². The van der Waals surface area contributed by atoms with E-state index in [1.54, 1.807) is 0 Å². The van der Waals surface area contributed by atoms with Crippen molar-refractivity contribution in [3.05, 3.63) is 16.7 Å². The van der Waals surface area contributed by atoms with E-state index in [-0.39, 0.29) is 30.1 Å². The van der Waals surface area contributed by atoms with Crippen molar-refractivity contribution >= 4 is 40.5 Å². The smallest absolute Gasteiger partial charge is 0.387 e. The van der Waals surface area contributed by atoms with Gasteiger partial charge in [-0.1, -0.05) is 0 Å². The van der Waals surface area contributed by atoms with E-state index >= 15 is 0 Å². The number of phosphoric ester groups is 1. The number of aliphatic hydroxyl groups is 2. The molecular formula is C17H25N8O13P3. The van der Waals surface area contributed by atoms with Crippen LogP contribution >= 0.6 is 23.4 Å². The lowest BCUT2D eigenvalue weighted by molar-refractivity contribution is -0.0503. The Hall–Kier alpha value is -2.40. The number of imidazole rings is 1. The van der Waals surface area contributed by atoms with Gasteiger partial charge in [-0.05, 0) is 0 Å². The molecule has 0 radical (unpaired) electrons. The van der Waals surface area contributed by atoms with Crippen LogP contribution in [0.1, 0.15) is 25.5 Å². The maximum Gasteiger partial charge on any atom is 0.489 e. The summed E-state index contributed by atoms with van der Waals surface area (Å²) in [6, 6.07) is 0. The summed E-state index contributed by atoms with van der Waals surface area (Å²) in [5.41, 5.74) is 3.74. The number of ether oxygens (including phenoxy) is 1. The summed E-state index contributed by atoms with van der Waals surface area (Å²) in [6.07, 6.45) is 0.699. The standard InChI is InChI=1S/C17H25N8O13P3/c1-2-3-4-17(23-24-17)5-6-20-39(29,30)37-41(33,34)38-40(31,32)35-7-9-11(26)12(27)15(36-9)25-8-19-10-13(25)21-16(18)22-14(10)28/h1,8-9,11-12,15,26-27H,3-7H2,(H,31,32)(H,33,34)(H2,20,29,30)(H3,18,21,22,28)/t9-,11+,12?,15-/m1/s1. The third kappa shape index (κ3) is 7.71. The lowest BCUT2D eigenvalue weighted by Gasteiger charge is -2.20. The molecule has 2 aromatic rings. The molecule has 0 aromatic carbocycles. The van der Waals surface area contributed by atoms with Gasteiger partial charge in [-0.25, -0.2) is 23.8 Å². The topological polar surface area (TPSA) is 316 Å². The number of fused-ring (bicyclic) bond motifs is 1. The van der Waals surface area contributed by atoms with Crippen LogP contribution in [0.3, 0.4) is 0 Å². The Kier molecular flexibility index (Phi) is 9.00. The Labute approximate surface area is 229 Å². The second kappa shape index (κ2) is 11.7. The summed E-state index contributed by atoms with van der Waals surface area (Å²) in [5.74, 6) is 2.13. The van der Waals surface area contributed by atoms with Crippen LogP contribution in [-0.2, 0) is 31.6 Å². The monoisotopic (exact) mass is 642 g/mol. The summed E-state index contributed by atoms with van der Waals surface area (Å²) in [6.45, 7) is -1.26. The Bertz CT molecular complexity index is 1570. The van der Waals surface area contributed by atoms with Crippen molar-refractivity contribution in [2.75, 3.05) is 18.9 Å². The maximum absolute atomic E-state index is 12.3. The molecule has 0 bridgehead atoms. The number of hydrogen-bond acceptors (Lipinski definition) is 15. The zero-order chi connectivity index (χ0) is 30.2. The molecule has 41 heavy (non-hydrogen) atoms. The number of nitrogens with zero attached hydrogens (tertiary/aromatic N) is 5. The van der Waals surface area contributed by atoms with Gasteiger partial charge >= 0.3 is 23.4 Å². The van der Waals surface area contributed by atoms with Crippen molar-refractivity contribution in [3.63, 3.8) is 0 Å². The highest BCUT2D eigenvalue weighted by Gasteiger charge is 2.47. The molecule has 2 aliphatic heterocycles. The lowest BCUT2D eigenvalue weighted by atomic mass is 10.1. The molecule has 4 rings (SSSR count). The summed E-state index contributed by atoms with van der Waals surface area (Å²) in [4.78, 5) is 51.4. The number of aliphatic hydroxyl groups excluding tert-OH is 2. The first-order valence-corrected chi connectivity index (χ1v) is 16.0. The van der Waals surface area contributed by atoms with E-state index in [1.807, 2.05) is 5.09 Å². The number of terminal acetylenes is 1. The normalized spacial score (nSPS) is 27.6. The van der Waals surface area contributed by atoms with E-state index in [0.717, 1.165) is 10.9 Å². The first-order chi connectivity index (χ1) is 19.1. The van der Waals surface area contributed by atoms with Crippen molar-refractivity contribution in [1.82, 2.24) is 24.6 Å². The molecule has 1 saturated heterocycles. The molecule has 21 nitrogen and oxygen atoms in total. The SMILES string of the molecule is C#CCCC1(CCNP(=O)(O)OP(=O)(O)OP(=O)(O)OC[C@H]2O[C@@H](n3cnc4c(=O)[nH]c(N)nc43)C(O)[C@H]2O)N=N1. The third-order valence-corrected chi connectivity index (χ3v) is 10.2. The van der Waals surface area contributed by atoms with Crippen LogP contribution in [0.25, 0.3) is 11.2 Å². The first-order valence-electron chi connectivity index (χ1n) is 11.5.